The minimum Gasteiger partial charge on any atom is -0.389 e. The van der Waals surface area contributed by atoms with E-state index >= 15 is 0 Å². The third-order valence-corrected chi connectivity index (χ3v) is 5.10. The molecule has 164 valence electrons. The third kappa shape index (κ3) is 9.75. The van der Waals surface area contributed by atoms with Crippen LogP contribution in [0.3, 0.4) is 0 Å². The van der Waals surface area contributed by atoms with Gasteiger partial charge in [-0.25, -0.2) is 4.39 Å². The Morgan fingerprint density at radius 2 is 1.97 bits per heavy atom. The Morgan fingerprint density at radius 3 is 2.60 bits per heavy atom. The Kier molecular flexibility index (Phi) is 11.5. The molecule has 3 nitrogen and oxygen atoms in total. The first kappa shape index (κ1) is 25.4. The Morgan fingerprint density at radius 1 is 1.23 bits per heavy atom. The average molecular weight is 412 g/mol. The van der Waals surface area contributed by atoms with E-state index in [1.807, 2.05) is 39.2 Å². The van der Waals surface area contributed by atoms with Gasteiger partial charge in [-0.05, 0) is 69.8 Å². The molecule has 0 saturated carbocycles. The summed E-state index contributed by atoms with van der Waals surface area (Å²) in [6.45, 7) is 19.3. The lowest BCUT2D eigenvalue weighted by atomic mass is 10.0. The number of allylic oxidation sites excluding steroid dienone is 5. The van der Waals surface area contributed by atoms with Crippen LogP contribution in [0.1, 0.15) is 44.2 Å². The molecule has 0 aliphatic heterocycles. The molecule has 0 aliphatic rings. The fourth-order valence-electron chi connectivity index (χ4n) is 2.98. The van der Waals surface area contributed by atoms with E-state index < -0.39 is 0 Å². The second-order valence-corrected chi connectivity index (χ2v) is 7.78. The van der Waals surface area contributed by atoms with Crippen molar-refractivity contribution < 1.29 is 4.39 Å². The molecule has 1 aromatic rings. The molecule has 0 heterocycles. The first-order valence-electron chi connectivity index (χ1n) is 10.5. The molecule has 0 spiro atoms. The Hall–Kier alpha value is -2.59. The second kappa shape index (κ2) is 13.6. The molecule has 1 atom stereocenters. The molecule has 1 rings (SSSR count). The number of nitrogens with one attached hydrogen (secondary N) is 3. The third-order valence-electron chi connectivity index (χ3n) is 5.10. The predicted octanol–water partition coefficient (Wildman–Crippen LogP) is 5.68. The molecule has 0 bridgehead atoms. The van der Waals surface area contributed by atoms with Gasteiger partial charge >= 0.3 is 0 Å². The van der Waals surface area contributed by atoms with Gasteiger partial charge in [0.2, 0.25) is 0 Å². The lowest BCUT2D eigenvalue weighted by Crippen LogP contribution is -2.34. The van der Waals surface area contributed by atoms with Gasteiger partial charge in [0.05, 0.1) is 0 Å². The highest BCUT2D eigenvalue weighted by Gasteiger charge is 2.06. The topological polar surface area (TPSA) is 36.1 Å². The fourth-order valence-corrected chi connectivity index (χ4v) is 2.98. The van der Waals surface area contributed by atoms with Crippen LogP contribution in [0, 0.1) is 12.7 Å². The van der Waals surface area contributed by atoms with Crippen molar-refractivity contribution in [3.05, 3.63) is 95.6 Å². The summed E-state index contributed by atoms with van der Waals surface area (Å²) in [6.07, 6.45) is 9.08. The average Bonchev–Trinajstić information content (AvgIpc) is 2.72. The first-order valence-corrected chi connectivity index (χ1v) is 10.5. The molecule has 0 aliphatic carbocycles. The van der Waals surface area contributed by atoms with E-state index in [0.29, 0.717) is 18.2 Å². The van der Waals surface area contributed by atoms with E-state index in [1.165, 1.54) is 6.07 Å². The molecule has 3 N–H and O–H groups in total. The second-order valence-electron chi connectivity index (χ2n) is 7.78. The molecule has 0 fully saturated rings. The van der Waals surface area contributed by atoms with Crippen LogP contribution in [0.25, 0.3) is 0 Å². The van der Waals surface area contributed by atoms with Crippen molar-refractivity contribution >= 4 is 0 Å². The molecule has 0 saturated heterocycles. The fraction of sp³-hybridized carbons (Fsp3) is 0.385. The van der Waals surface area contributed by atoms with Crippen molar-refractivity contribution in [3.8, 4) is 0 Å². The van der Waals surface area contributed by atoms with Gasteiger partial charge < -0.3 is 16.0 Å². The summed E-state index contributed by atoms with van der Waals surface area (Å²) in [7, 11) is 1.99. The molecule has 4 heteroatoms. The molecular weight excluding hydrogens is 373 g/mol. The van der Waals surface area contributed by atoms with Gasteiger partial charge in [-0.2, -0.15) is 0 Å². The smallest absolute Gasteiger partial charge is 0.126 e. The largest absolute Gasteiger partial charge is 0.389 e. The van der Waals surface area contributed by atoms with Crippen LogP contribution in [0.5, 0.6) is 0 Å². The number of hydrogen-bond donors (Lipinski definition) is 3. The molecule has 0 amide bonds. The Balaban J connectivity index is 2.38. The molecule has 1 unspecified atom stereocenters. The minimum absolute atomic E-state index is 0.176. The molecule has 0 radical (unpaired) electrons. The van der Waals surface area contributed by atoms with E-state index in [2.05, 4.69) is 41.8 Å². The SMILES string of the molecule is C=C/C(C)=C/C(=C)CCCC(CN/C=C(\C)C(=C)NCc1ccc(F)c(C)c1)NC. The van der Waals surface area contributed by atoms with Gasteiger partial charge in [0.25, 0.3) is 0 Å². The van der Waals surface area contributed by atoms with Crippen LogP contribution in [-0.4, -0.2) is 19.6 Å². The van der Waals surface area contributed by atoms with Crippen LogP contribution >= 0.6 is 0 Å². The zero-order valence-electron chi connectivity index (χ0n) is 19.1. The van der Waals surface area contributed by atoms with Gasteiger partial charge in [-0.3, -0.25) is 0 Å². The number of hydrogen-bond acceptors (Lipinski definition) is 3. The summed E-state index contributed by atoms with van der Waals surface area (Å²) in [4.78, 5) is 0. The highest BCUT2D eigenvalue weighted by Crippen LogP contribution is 2.12. The predicted molar refractivity (Wildman–Crippen MR) is 129 cm³/mol. The van der Waals surface area contributed by atoms with Gasteiger partial charge in [0, 0.05) is 31.0 Å². The number of halogens is 1. The Bertz CT molecular complexity index is 789. The quantitative estimate of drug-likeness (QED) is 0.345. The minimum atomic E-state index is -0.176. The van der Waals surface area contributed by atoms with Crippen LogP contribution in [0.15, 0.2) is 78.7 Å². The highest BCUT2D eigenvalue weighted by molar-refractivity contribution is 5.28. The van der Waals surface area contributed by atoms with Gasteiger partial charge in [0.15, 0.2) is 0 Å². The van der Waals surface area contributed by atoms with E-state index in [0.717, 1.165) is 53.8 Å². The monoisotopic (exact) mass is 411 g/mol. The summed E-state index contributed by atoms with van der Waals surface area (Å²) >= 11 is 0. The zero-order chi connectivity index (χ0) is 22.5. The highest BCUT2D eigenvalue weighted by atomic mass is 19.1. The maximum atomic E-state index is 13.4. The van der Waals surface area contributed by atoms with Crippen molar-refractivity contribution in [2.24, 2.45) is 0 Å². The van der Waals surface area contributed by atoms with Crippen molar-refractivity contribution in [2.75, 3.05) is 13.6 Å². The lowest BCUT2D eigenvalue weighted by molar-refractivity contribution is 0.491. The molecule has 30 heavy (non-hydrogen) atoms. The van der Waals surface area contributed by atoms with E-state index in [1.54, 1.807) is 13.0 Å². The van der Waals surface area contributed by atoms with Gasteiger partial charge in [0.1, 0.15) is 5.82 Å². The molecule has 0 aromatic heterocycles. The van der Waals surface area contributed by atoms with Crippen molar-refractivity contribution in [3.63, 3.8) is 0 Å². The maximum absolute atomic E-state index is 13.4. The van der Waals surface area contributed by atoms with Crippen molar-refractivity contribution in [2.45, 2.75) is 52.6 Å². The zero-order valence-corrected chi connectivity index (χ0v) is 19.1. The normalized spacial score (nSPS) is 13.0. The van der Waals surface area contributed by atoms with Crippen molar-refractivity contribution in [1.29, 1.82) is 0 Å². The van der Waals surface area contributed by atoms with Gasteiger partial charge in [-0.1, -0.05) is 55.2 Å². The van der Waals surface area contributed by atoms with Gasteiger partial charge in [-0.15, -0.1) is 0 Å². The standard InChI is InChI=1S/C26H38FN3/c1-8-19(2)14-20(3)10-9-11-25(28-7)18-29-16-22(5)23(6)30-17-24-12-13-26(27)21(4)15-24/h8,12-16,25,28-30H,1,3,6,9-11,17-18H2,2,4-5,7H3/b19-14+,22-16+. The summed E-state index contributed by atoms with van der Waals surface area (Å²) in [5, 5.41) is 10.1. The van der Waals surface area contributed by atoms with E-state index in [-0.39, 0.29) is 5.82 Å². The summed E-state index contributed by atoms with van der Waals surface area (Å²) in [5.41, 5.74) is 5.88. The maximum Gasteiger partial charge on any atom is 0.126 e. The van der Waals surface area contributed by atoms with E-state index in [9.17, 15) is 4.39 Å². The van der Waals surface area contributed by atoms with Crippen molar-refractivity contribution in [1.82, 2.24) is 16.0 Å². The molecular formula is C26H38FN3. The number of benzene rings is 1. The first-order chi connectivity index (χ1) is 14.3. The number of rotatable bonds is 14. The van der Waals surface area contributed by atoms with Crippen LogP contribution < -0.4 is 16.0 Å². The lowest BCUT2D eigenvalue weighted by Gasteiger charge is -2.17. The number of likely N-dealkylation sites (N-methyl/N-ethyl adjacent to an activating group) is 1. The summed E-state index contributed by atoms with van der Waals surface area (Å²) in [6, 6.07) is 5.53. The van der Waals surface area contributed by atoms with Crippen LogP contribution in [0.2, 0.25) is 0 Å². The molecule has 1 aromatic carbocycles. The number of aryl methyl sites for hydroxylation is 1. The van der Waals surface area contributed by atoms with Crippen LogP contribution in [-0.2, 0) is 6.54 Å². The Labute approximate surface area is 182 Å². The van der Waals surface area contributed by atoms with E-state index in [4.69, 9.17) is 0 Å². The summed E-state index contributed by atoms with van der Waals surface area (Å²) in [5.74, 6) is -0.176. The van der Waals surface area contributed by atoms with Crippen LogP contribution in [0.4, 0.5) is 4.39 Å². The summed E-state index contributed by atoms with van der Waals surface area (Å²) < 4.78 is 13.4.